The van der Waals surface area contributed by atoms with Gasteiger partial charge in [0, 0.05) is 43.4 Å². The summed E-state index contributed by atoms with van der Waals surface area (Å²) in [6.45, 7) is 1.39. The van der Waals surface area contributed by atoms with Crippen LogP contribution in [-0.4, -0.2) is 47.7 Å². The number of hydrogen-bond acceptors (Lipinski definition) is 6. The number of hydrogen-bond donors (Lipinski definition) is 3. The SMILES string of the molecule is CC(=O)Nc1ccc(S(=O)(=O)N(CCC(=O)NO)CCC2=CC=CCC2=S)cc1. The molecule has 2 amide bonds. The second-order valence-corrected chi connectivity index (χ2v) is 8.82. The Bertz CT molecular complexity index is 937. The highest BCUT2D eigenvalue weighted by atomic mass is 32.2. The van der Waals surface area contributed by atoms with Crippen LogP contribution in [0, 0.1) is 0 Å². The van der Waals surface area contributed by atoms with Crippen molar-refractivity contribution in [2.24, 2.45) is 0 Å². The van der Waals surface area contributed by atoms with Gasteiger partial charge in [0.25, 0.3) is 0 Å². The molecule has 3 N–H and O–H groups in total. The van der Waals surface area contributed by atoms with E-state index < -0.39 is 15.9 Å². The first-order chi connectivity index (χ1) is 13.7. The molecule has 1 aromatic rings. The number of allylic oxidation sites excluding steroid dienone is 3. The molecule has 1 aliphatic carbocycles. The minimum absolute atomic E-state index is 0.0381. The minimum Gasteiger partial charge on any atom is -0.326 e. The molecule has 29 heavy (non-hydrogen) atoms. The highest BCUT2D eigenvalue weighted by Crippen LogP contribution is 2.21. The van der Waals surface area contributed by atoms with Gasteiger partial charge in [0.05, 0.1) is 4.90 Å². The molecule has 0 heterocycles. The number of carbonyl (C=O) groups is 2. The van der Waals surface area contributed by atoms with Crippen LogP contribution in [0.15, 0.2) is 53.0 Å². The Morgan fingerprint density at radius 1 is 1.21 bits per heavy atom. The molecule has 0 spiro atoms. The summed E-state index contributed by atoms with van der Waals surface area (Å²) >= 11 is 5.32. The second-order valence-electron chi connectivity index (χ2n) is 6.39. The Morgan fingerprint density at radius 3 is 2.48 bits per heavy atom. The largest absolute Gasteiger partial charge is 0.326 e. The lowest BCUT2D eigenvalue weighted by molar-refractivity contribution is -0.129. The van der Waals surface area contributed by atoms with Crippen LogP contribution in [0.5, 0.6) is 0 Å². The fourth-order valence-corrected chi connectivity index (χ4v) is 4.46. The first-order valence-corrected chi connectivity index (χ1v) is 10.8. The van der Waals surface area contributed by atoms with Crippen LogP contribution in [-0.2, 0) is 19.6 Å². The van der Waals surface area contributed by atoms with Crippen molar-refractivity contribution >= 4 is 44.6 Å². The second kappa shape index (κ2) is 10.4. The third-order valence-corrected chi connectivity index (χ3v) is 6.59. The molecule has 0 atom stereocenters. The van der Waals surface area contributed by atoms with Gasteiger partial charge in [-0.3, -0.25) is 14.8 Å². The van der Waals surface area contributed by atoms with Crippen molar-refractivity contribution in [2.45, 2.75) is 31.1 Å². The van der Waals surface area contributed by atoms with E-state index in [-0.39, 0.29) is 30.3 Å². The molecule has 0 bridgehead atoms. The summed E-state index contributed by atoms with van der Waals surface area (Å²) in [5.74, 6) is -0.940. The summed E-state index contributed by atoms with van der Waals surface area (Å²) in [5, 5.41) is 11.3. The Balaban J connectivity index is 2.21. The van der Waals surface area contributed by atoms with Crippen LogP contribution < -0.4 is 10.8 Å². The summed E-state index contributed by atoms with van der Waals surface area (Å²) in [6, 6.07) is 5.78. The number of amides is 2. The molecular weight excluding hydrogens is 414 g/mol. The standard InChI is InChI=1S/C19H23N3O5S2/c1-14(23)20-16-6-8-17(9-7-16)29(26,27)22(13-11-19(24)21-25)12-10-15-4-2-3-5-18(15)28/h2-4,6-9,25H,5,10-13H2,1H3,(H,20,23)(H,21,24). The molecular formula is C19H23N3O5S2. The number of sulfonamides is 1. The Labute approximate surface area is 175 Å². The van der Waals surface area contributed by atoms with Crippen LogP contribution in [0.25, 0.3) is 0 Å². The Hall–Kier alpha value is -2.40. The monoisotopic (exact) mass is 437 g/mol. The fourth-order valence-electron chi connectivity index (χ4n) is 2.75. The van der Waals surface area contributed by atoms with E-state index in [2.05, 4.69) is 5.32 Å². The smallest absolute Gasteiger partial charge is 0.244 e. The summed E-state index contributed by atoms with van der Waals surface area (Å²) in [4.78, 5) is 23.3. The molecule has 0 saturated heterocycles. The highest BCUT2D eigenvalue weighted by Gasteiger charge is 2.25. The molecule has 0 aliphatic heterocycles. The van der Waals surface area contributed by atoms with Crippen LogP contribution in [0.3, 0.4) is 0 Å². The molecule has 0 aromatic heterocycles. The van der Waals surface area contributed by atoms with Crippen LogP contribution in [0.2, 0.25) is 0 Å². The van der Waals surface area contributed by atoms with E-state index in [0.29, 0.717) is 18.5 Å². The summed E-state index contributed by atoms with van der Waals surface area (Å²) in [6.07, 6.45) is 6.54. The lowest BCUT2D eigenvalue weighted by Crippen LogP contribution is -2.36. The molecule has 8 nitrogen and oxygen atoms in total. The van der Waals surface area contributed by atoms with Gasteiger partial charge in [-0.05, 0) is 36.3 Å². The van der Waals surface area contributed by atoms with E-state index in [9.17, 15) is 18.0 Å². The van der Waals surface area contributed by atoms with Crippen LogP contribution in [0.1, 0.15) is 26.2 Å². The van der Waals surface area contributed by atoms with Gasteiger partial charge in [-0.1, -0.05) is 30.4 Å². The molecule has 0 saturated carbocycles. The predicted molar refractivity (Wildman–Crippen MR) is 113 cm³/mol. The molecule has 156 valence electrons. The normalized spacial score (nSPS) is 13.9. The molecule has 0 unspecified atom stereocenters. The van der Waals surface area contributed by atoms with Crippen molar-refractivity contribution in [1.82, 2.24) is 9.79 Å². The van der Waals surface area contributed by atoms with Gasteiger partial charge < -0.3 is 5.32 Å². The van der Waals surface area contributed by atoms with Crippen LogP contribution >= 0.6 is 12.2 Å². The third-order valence-electron chi connectivity index (χ3n) is 4.25. The zero-order valence-electron chi connectivity index (χ0n) is 15.9. The summed E-state index contributed by atoms with van der Waals surface area (Å²) in [7, 11) is -3.90. The zero-order valence-corrected chi connectivity index (χ0v) is 17.6. The maximum absolute atomic E-state index is 13.1. The number of anilines is 1. The first-order valence-electron chi connectivity index (χ1n) is 8.93. The van der Waals surface area contributed by atoms with Gasteiger partial charge in [0.1, 0.15) is 0 Å². The van der Waals surface area contributed by atoms with Gasteiger partial charge in [-0.25, -0.2) is 13.9 Å². The number of nitrogens with one attached hydrogen (secondary N) is 2. The average molecular weight is 438 g/mol. The van der Waals surface area contributed by atoms with Crippen molar-refractivity contribution in [1.29, 1.82) is 0 Å². The van der Waals surface area contributed by atoms with E-state index in [4.69, 9.17) is 17.4 Å². The van der Waals surface area contributed by atoms with Crippen molar-refractivity contribution in [3.8, 4) is 0 Å². The van der Waals surface area contributed by atoms with E-state index in [1.54, 1.807) is 0 Å². The predicted octanol–water partition coefficient (Wildman–Crippen LogP) is 2.18. The average Bonchev–Trinajstić information content (AvgIpc) is 2.68. The molecule has 0 fully saturated rings. The number of nitrogens with zero attached hydrogens (tertiary/aromatic N) is 1. The van der Waals surface area contributed by atoms with E-state index in [1.165, 1.54) is 41.0 Å². The van der Waals surface area contributed by atoms with Crippen LogP contribution in [0.4, 0.5) is 5.69 Å². The fraction of sp³-hybridized carbons (Fsp3) is 0.316. The van der Waals surface area contributed by atoms with Crippen molar-refractivity contribution in [3.63, 3.8) is 0 Å². The van der Waals surface area contributed by atoms with Gasteiger partial charge in [0.2, 0.25) is 21.8 Å². The number of benzene rings is 1. The minimum atomic E-state index is -3.90. The molecule has 0 radical (unpaired) electrons. The van der Waals surface area contributed by atoms with Crippen molar-refractivity contribution < 1.29 is 23.2 Å². The number of hydroxylamine groups is 1. The van der Waals surface area contributed by atoms with Gasteiger partial charge in [-0.15, -0.1) is 0 Å². The molecule has 1 aliphatic rings. The van der Waals surface area contributed by atoms with Crippen molar-refractivity contribution in [2.75, 3.05) is 18.4 Å². The Kier molecular flexibility index (Phi) is 8.21. The van der Waals surface area contributed by atoms with E-state index in [0.717, 1.165) is 10.4 Å². The third kappa shape index (κ3) is 6.57. The van der Waals surface area contributed by atoms with Gasteiger partial charge >= 0.3 is 0 Å². The number of rotatable bonds is 9. The van der Waals surface area contributed by atoms with Gasteiger partial charge in [-0.2, -0.15) is 4.31 Å². The molecule has 1 aromatic carbocycles. The number of carbonyl (C=O) groups excluding carboxylic acids is 2. The van der Waals surface area contributed by atoms with E-state index >= 15 is 0 Å². The van der Waals surface area contributed by atoms with Crippen molar-refractivity contribution in [3.05, 3.63) is 48.1 Å². The lowest BCUT2D eigenvalue weighted by Gasteiger charge is -2.23. The summed E-state index contributed by atoms with van der Waals surface area (Å²) < 4.78 is 27.4. The zero-order chi connectivity index (χ0) is 21.4. The molecule has 2 rings (SSSR count). The van der Waals surface area contributed by atoms with Gasteiger partial charge in [0.15, 0.2) is 0 Å². The quantitative estimate of drug-likeness (QED) is 0.310. The Morgan fingerprint density at radius 2 is 1.90 bits per heavy atom. The summed E-state index contributed by atoms with van der Waals surface area (Å²) in [5.41, 5.74) is 2.87. The molecule has 10 heteroatoms. The maximum atomic E-state index is 13.1. The number of thiocarbonyl (C=S) groups is 1. The topological polar surface area (TPSA) is 116 Å². The van der Waals surface area contributed by atoms with E-state index in [1.807, 2.05) is 18.2 Å². The maximum Gasteiger partial charge on any atom is 0.244 e. The lowest BCUT2D eigenvalue weighted by atomic mass is 10.0. The first kappa shape index (κ1) is 22.9. The highest BCUT2D eigenvalue weighted by molar-refractivity contribution is 7.89.